The van der Waals surface area contributed by atoms with Gasteiger partial charge < -0.3 is 15.2 Å². The van der Waals surface area contributed by atoms with Crippen LogP contribution in [0.25, 0.3) is 0 Å². The third-order valence-corrected chi connectivity index (χ3v) is 4.86. The molecular weight excluding hydrogens is 257 g/mol. The lowest BCUT2D eigenvalue weighted by Gasteiger charge is -2.48. The first kappa shape index (κ1) is 13.8. The molecule has 1 saturated carbocycles. The van der Waals surface area contributed by atoms with Gasteiger partial charge in [0.05, 0.1) is 12.7 Å². The van der Waals surface area contributed by atoms with Crippen molar-refractivity contribution in [3.05, 3.63) is 29.6 Å². The van der Waals surface area contributed by atoms with Gasteiger partial charge in [0, 0.05) is 12.6 Å². The Morgan fingerprint density at radius 3 is 2.85 bits per heavy atom. The number of rotatable bonds is 3. The largest absolute Gasteiger partial charge is 0.494 e. The molecule has 3 nitrogen and oxygen atoms in total. The molecule has 4 heteroatoms. The molecule has 1 heterocycles. The highest BCUT2D eigenvalue weighted by Gasteiger charge is 2.43. The van der Waals surface area contributed by atoms with Gasteiger partial charge in [-0.15, -0.1) is 0 Å². The van der Waals surface area contributed by atoms with Crippen LogP contribution in [-0.2, 0) is 4.74 Å². The molecule has 0 radical (unpaired) electrons. The van der Waals surface area contributed by atoms with Gasteiger partial charge in [0.15, 0.2) is 11.6 Å². The van der Waals surface area contributed by atoms with Gasteiger partial charge in [-0.3, -0.25) is 0 Å². The van der Waals surface area contributed by atoms with Crippen molar-refractivity contribution in [2.45, 2.75) is 43.7 Å². The fourth-order valence-electron chi connectivity index (χ4n) is 3.45. The summed E-state index contributed by atoms with van der Waals surface area (Å²) in [6, 6.07) is 4.90. The standard InChI is InChI=1S/C16H22FNO2/c1-19-14-4-3-11(9-13(14)17)15(18)12-5-8-20-16(10-12)6-2-7-16/h3-4,9,12,15H,2,5-8,10,18H2,1H3. The van der Waals surface area contributed by atoms with Gasteiger partial charge in [-0.1, -0.05) is 6.07 Å². The molecule has 2 fully saturated rings. The molecule has 2 aliphatic rings. The molecule has 2 unspecified atom stereocenters. The Kier molecular flexibility index (Phi) is 3.69. The Labute approximate surface area is 119 Å². The lowest BCUT2D eigenvalue weighted by molar-refractivity contribution is -0.146. The summed E-state index contributed by atoms with van der Waals surface area (Å²) in [5.74, 6) is 0.297. The Morgan fingerprint density at radius 1 is 1.45 bits per heavy atom. The first-order chi connectivity index (χ1) is 9.63. The van der Waals surface area contributed by atoms with Crippen molar-refractivity contribution >= 4 is 0 Å². The number of hydrogen-bond donors (Lipinski definition) is 1. The minimum absolute atomic E-state index is 0.0750. The van der Waals surface area contributed by atoms with Crippen molar-refractivity contribution in [1.29, 1.82) is 0 Å². The van der Waals surface area contributed by atoms with Crippen LogP contribution in [-0.4, -0.2) is 19.3 Å². The third-order valence-electron chi connectivity index (χ3n) is 4.86. The smallest absolute Gasteiger partial charge is 0.165 e. The van der Waals surface area contributed by atoms with Crippen LogP contribution >= 0.6 is 0 Å². The highest BCUT2D eigenvalue weighted by molar-refractivity contribution is 5.31. The number of halogens is 1. The van der Waals surface area contributed by atoms with Gasteiger partial charge in [0.25, 0.3) is 0 Å². The molecule has 110 valence electrons. The average Bonchev–Trinajstić information content (AvgIpc) is 2.45. The van der Waals surface area contributed by atoms with Crippen LogP contribution in [0.3, 0.4) is 0 Å². The van der Waals surface area contributed by atoms with Gasteiger partial charge in [-0.05, 0) is 55.7 Å². The Bertz CT molecular complexity index is 487. The summed E-state index contributed by atoms with van der Waals surface area (Å²) in [6.07, 6.45) is 5.50. The van der Waals surface area contributed by atoms with Crippen molar-refractivity contribution in [2.75, 3.05) is 13.7 Å². The van der Waals surface area contributed by atoms with E-state index in [2.05, 4.69) is 0 Å². The van der Waals surface area contributed by atoms with E-state index in [4.69, 9.17) is 15.2 Å². The molecule has 20 heavy (non-hydrogen) atoms. The van der Waals surface area contributed by atoms with Crippen molar-refractivity contribution in [3.63, 3.8) is 0 Å². The molecule has 1 aliphatic carbocycles. The summed E-state index contributed by atoms with van der Waals surface area (Å²) in [5, 5.41) is 0. The zero-order chi connectivity index (χ0) is 14.2. The molecule has 3 rings (SSSR count). The minimum Gasteiger partial charge on any atom is -0.494 e. The van der Waals surface area contributed by atoms with E-state index in [1.165, 1.54) is 19.6 Å². The molecule has 0 amide bonds. The molecule has 2 atom stereocenters. The van der Waals surface area contributed by atoms with Crippen molar-refractivity contribution in [3.8, 4) is 5.75 Å². The maximum Gasteiger partial charge on any atom is 0.165 e. The highest BCUT2D eigenvalue weighted by atomic mass is 19.1. The predicted octanol–water partition coefficient (Wildman–Crippen LogP) is 3.18. The second-order valence-corrected chi connectivity index (χ2v) is 6.06. The van der Waals surface area contributed by atoms with Gasteiger partial charge >= 0.3 is 0 Å². The fourth-order valence-corrected chi connectivity index (χ4v) is 3.45. The van der Waals surface area contributed by atoms with Gasteiger partial charge in [-0.2, -0.15) is 0 Å². The van der Waals surface area contributed by atoms with E-state index in [0.29, 0.717) is 5.92 Å². The van der Waals surface area contributed by atoms with Crippen LogP contribution in [0.4, 0.5) is 4.39 Å². The summed E-state index contributed by atoms with van der Waals surface area (Å²) in [6.45, 7) is 0.775. The molecule has 1 aromatic carbocycles. The molecule has 1 aliphatic heterocycles. The topological polar surface area (TPSA) is 44.5 Å². The summed E-state index contributed by atoms with van der Waals surface area (Å²) >= 11 is 0. The van der Waals surface area contributed by atoms with Crippen LogP contribution in [0.15, 0.2) is 18.2 Å². The lowest BCUT2D eigenvalue weighted by Crippen LogP contribution is -2.47. The van der Waals surface area contributed by atoms with E-state index in [1.807, 2.05) is 6.07 Å². The van der Waals surface area contributed by atoms with Crippen molar-refractivity contribution in [1.82, 2.24) is 0 Å². The van der Waals surface area contributed by atoms with Crippen molar-refractivity contribution < 1.29 is 13.9 Å². The van der Waals surface area contributed by atoms with Crippen LogP contribution < -0.4 is 10.5 Å². The lowest BCUT2D eigenvalue weighted by atomic mass is 9.70. The Morgan fingerprint density at radius 2 is 2.25 bits per heavy atom. The summed E-state index contributed by atoms with van der Waals surface area (Å²) in [5.41, 5.74) is 7.29. The van der Waals surface area contributed by atoms with Gasteiger partial charge in [0.2, 0.25) is 0 Å². The summed E-state index contributed by atoms with van der Waals surface area (Å²) in [4.78, 5) is 0. The first-order valence-electron chi connectivity index (χ1n) is 7.36. The normalized spacial score (nSPS) is 26.1. The second-order valence-electron chi connectivity index (χ2n) is 6.06. The molecule has 1 saturated heterocycles. The van der Waals surface area contributed by atoms with E-state index in [9.17, 15) is 4.39 Å². The van der Waals surface area contributed by atoms with Crippen LogP contribution in [0.2, 0.25) is 0 Å². The first-order valence-corrected chi connectivity index (χ1v) is 7.36. The second kappa shape index (κ2) is 5.34. The van der Waals surface area contributed by atoms with Gasteiger partial charge in [0.1, 0.15) is 0 Å². The number of ether oxygens (including phenoxy) is 2. The van der Waals surface area contributed by atoms with E-state index in [0.717, 1.165) is 37.9 Å². The molecule has 0 bridgehead atoms. The molecule has 1 spiro atoms. The van der Waals surface area contributed by atoms with Crippen molar-refractivity contribution in [2.24, 2.45) is 11.7 Å². The maximum atomic E-state index is 13.8. The van der Waals surface area contributed by atoms with Crippen LogP contribution in [0.1, 0.15) is 43.7 Å². The molecule has 0 aromatic heterocycles. The average molecular weight is 279 g/mol. The third kappa shape index (κ3) is 2.42. The number of methoxy groups -OCH3 is 1. The van der Waals surface area contributed by atoms with E-state index in [1.54, 1.807) is 6.07 Å². The molecular formula is C16H22FNO2. The summed E-state index contributed by atoms with van der Waals surface area (Å²) < 4.78 is 24.7. The zero-order valence-electron chi connectivity index (χ0n) is 11.9. The highest BCUT2D eigenvalue weighted by Crippen LogP contribution is 2.46. The van der Waals surface area contributed by atoms with E-state index in [-0.39, 0.29) is 23.2 Å². The Balaban J connectivity index is 1.74. The zero-order valence-corrected chi connectivity index (χ0v) is 11.9. The van der Waals surface area contributed by atoms with Crippen LogP contribution in [0, 0.1) is 11.7 Å². The maximum absolute atomic E-state index is 13.8. The molecule has 2 N–H and O–H groups in total. The predicted molar refractivity (Wildman–Crippen MR) is 75.1 cm³/mol. The van der Waals surface area contributed by atoms with Gasteiger partial charge in [-0.25, -0.2) is 4.39 Å². The minimum atomic E-state index is -0.342. The molecule has 1 aromatic rings. The van der Waals surface area contributed by atoms with Crippen LogP contribution in [0.5, 0.6) is 5.75 Å². The summed E-state index contributed by atoms with van der Waals surface area (Å²) in [7, 11) is 1.47. The quantitative estimate of drug-likeness (QED) is 0.924. The van der Waals surface area contributed by atoms with E-state index < -0.39 is 0 Å². The SMILES string of the molecule is COc1ccc(C(N)C2CCOC3(CCC3)C2)cc1F. The fraction of sp³-hybridized carbons (Fsp3) is 0.625. The number of hydrogen-bond acceptors (Lipinski definition) is 3. The Hall–Kier alpha value is -1.13. The number of nitrogens with two attached hydrogens (primary N) is 1. The number of benzene rings is 1. The monoisotopic (exact) mass is 279 g/mol. The van der Waals surface area contributed by atoms with E-state index >= 15 is 0 Å².